The Hall–Kier alpha value is -3.66. The summed E-state index contributed by atoms with van der Waals surface area (Å²) in [5.41, 5.74) is 4.67. The van der Waals surface area contributed by atoms with Gasteiger partial charge in [-0.1, -0.05) is 92.2 Å². The number of nitrogens with zero attached hydrogens (tertiary/aromatic N) is 2. The van der Waals surface area contributed by atoms with Gasteiger partial charge in [-0.15, -0.1) is 0 Å². The lowest BCUT2D eigenvalue weighted by Gasteiger charge is -2.17. The standard InChI is InChI=1S/C27H26N2O2/c1-3-12-23-19-25(29(28-23)24-18-11-10-13-20(24)2)31-27(30)26(21-14-6-4-7-15-21)22-16-8-5-9-17-22/h4-11,13-19,26H,3,12H2,1-2H3. The summed E-state index contributed by atoms with van der Waals surface area (Å²) in [6, 6.07) is 29.3. The number of esters is 1. The minimum absolute atomic E-state index is 0.324. The second kappa shape index (κ2) is 9.43. The van der Waals surface area contributed by atoms with Crippen LogP contribution in [0.3, 0.4) is 0 Å². The van der Waals surface area contributed by atoms with Crippen LogP contribution < -0.4 is 4.74 Å². The molecule has 4 heteroatoms. The number of ether oxygens (including phenoxy) is 1. The highest BCUT2D eigenvalue weighted by Crippen LogP contribution is 2.29. The van der Waals surface area contributed by atoms with E-state index in [1.165, 1.54) is 0 Å². The largest absolute Gasteiger partial charge is 0.407 e. The van der Waals surface area contributed by atoms with E-state index < -0.39 is 5.92 Å². The van der Waals surface area contributed by atoms with E-state index in [0.29, 0.717) is 5.88 Å². The van der Waals surface area contributed by atoms with Crippen molar-refractivity contribution in [3.63, 3.8) is 0 Å². The molecule has 0 radical (unpaired) electrons. The lowest BCUT2D eigenvalue weighted by atomic mass is 9.91. The highest BCUT2D eigenvalue weighted by Gasteiger charge is 2.26. The van der Waals surface area contributed by atoms with Gasteiger partial charge in [0.05, 0.1) is 11.4 Å². The van der Waals surface area contributed by atoms with Gasteiger partial charge in [0, 0.05) is 6.07 Å². The van der Waals surface area contributed by atoms with Crippen molar-refractivity contribution in [1.29, 1.82) is 0 Å². The molecule has 1 aromatic heterocycles. The Balaban J connectivity index is 1.73. The van der Waals surface area contributed by atoms with Gasteiger partial charge in [0.25, 0.3) is 0 Å². The second-order valence-electron chi connectivity index (χ2n) is 7.60. The number of carbonyl (C=O) groups excluding carboxylic acids is 1. The Labute approximate surface area is 183 Å². The van der Waals surface area contributed by atoms with E-state index in [2.05, 4.69) is 6.92 Å². The number of hydrogen-bond acceptors (Lipinski definition) is 3. The van der Waals surface area contributed by atoms with Gasteiger partial charge in [-0.2, -0.15) is 5.10 Å². The molecule has 0 saturated carbocycles. The lowest BCUT2D eigenvalue weighted by molar-refractivity contribution is -0.135. The molecule has 0 aliphatic carbocycles. The van der Waals surface area contributed by atoms with Crippen molar-refractivity contribution in [2.24, 2.45) is 0 Å². The fraction of sp³-hybridized carbons (Fsp3) is 0.185. The monoisotopic (exact) mass is 410 g/mol. The Bertz CT molecular complexity index is 1110. The van der Waals surface area contributed by atoms with E-state index in [1.54, 1.807) is 4.68 Å². The number of rotatable bonds is 7. The zero-order valence-electron chi connectivity index (χ0n) is 17.9. The van der Waals surface area contributed by atoms with E-state index in [9.17, 15) is 4.79 Å². The van der Waals surface area contributed by atoms with Gasteiger partial charge in [-0.05, 0) is 36.1 Å². The van der Waals surface area contributed by atoms with E-state index >= 15 is 0 Å². The summed E-state index contributed by atoms with van der Waals surface area (Å²) in [4.78, 5) is 13.5. The first kappa shape index (κ1) is 20.6. The minimum Gasteiger partial charge on any atom is -0.407 e. The highest BCUT2D eigenvalue weighted by molar-refractivity contribution is 5.84. The van der Waals surface area contributed by atoms with E-state index in [4.69, 9.17) is 9.84 Å². The van der Waals surface area contributed by atoms with Crippen LogP contribution in [0.15, 0.2) is 91.0 Å². The van der Waals surface area contributed by atoms with Crippen molar-refractivity contribution in [3.8, 4) is 11.6 Å². The van der Waals surface area contributed by atoms with Crippen molar-refractivity contribution in [2.45, 2.75) is 32.6 Å². The normalized spacial score (nSPS) is 10.9. The minimum atomic E-state index is -0.516. The molecule has 4 aromatic rings. The smallest absolute Gasteiger partial charge is 0.324 e. The third kappa shape index (κ3) is 4.58. The fourth-order valence-electron chi connectivity index (χ4n) is 3.75. The molecule has 0 unspecified atom stereocenters. The molecule has 156 valence electrons. The van der Waals surface area contributed by atoms with Crippen LogP contribution in [-0.2, 0) is 11.2 Å². The topological polar surface area (TPSA) is 44.1 Å². The molecule has 0 fully saturated rings. The quantitative estimate of drug-likeness (QED) is 0.358. The molecule has 0 bridgehead atoms. The maximum atomic E-state index is 13.5. The van der Waals surface area contributed by atoms with Gasteiger partial charge in [0.15, 0.2) is 0 Å². The number of carbonyl (C=O) groups is 1. The zero-order chi connectivity index (χ0) is 21.6. The lowest BCUT2D eigenvalue weighted by Crippen LogP contribution is -2.21. The molecular formula is C27H26N2O2. The number of aromatic nitrogens is 2. The molecule has 0 atom stereocenters. The molecule has 4 nitrogen and oxygen atoms in total. The Morgan fingerprint density at radius 2 is 1.48 bits per heavy atom. The van der Waals surface area contributed by atoms with Crippen molar-refractivity contribution in [3.05, 3.63) is 113 Å². The molecule has 1 heterocycles. The van der Waals surface area contributed by atoms with E-state index in [1.807, 2.05) is 97.9 Å². The predicted octanol–water partition coefficient (Wildman–Crippen LogP) is 5.87. The molecule has 4 rings (SSSR count). The molecular weight excluding hydrogens is 384 g/mol. The van der Waals surface area contributed by atoms with Crippen LogP contribution in [0.25, 0.3) is 5.69 Å². The predicted molar refractivity (Wildman–Crippen MR) is 123 cm³/mol. The maximum Gasteiger partial charge on any atom is 0.324 e. The summed E-state index contributed by atoms with van der Waals surface area (Å²) < 4.78 is 7.76. The third-order valence-corrected chi connectivity index (χ3v) is 5.28. The van der Waals surface area contributed by atoms with Crippen LogP contribution in [0, 0.1) is 6.92 Å². The first-order chi connectivity index (χ1) is 15.2. The molecule has 0 amide bonds. The van der Waals surface area contributed by atoms with Crippen molar-refractivity contribution < 1.29 is 9.53 Å². The molecule has 31 heavy (non-hydrogen) atoms. The van der Waals surface area contributed by atoms with Crippen molar-refractivity contribution in [1.82, 2.24) is 9.78 Å². The SMILES string of the molecule is CCCc1cc(OC(=O)C(c2ccccc2)c2ccccc2)n(-c2ccccc2C)n1. The maximum absolute atomic E-state index is 13.5. The average Bonchev–Trinajstić information content (AvgIpc) is 3.18. The summed E-state index contributed by atoms with van der Waals surface area (Å²) in [6.45, 7) is 4.14. The third-order valence-electron chi connectivity index (χ3n) is 5.28. The number of aryl methyl sites for hydroxylation is 2. The summed E-state index contributed by atoms with van der Waals surface area (Å²) in [7, 11) is 0. The van der Waals surface area contributed by atoms with Gasteiger partial charge in [-0.3, -0.25) is 4.79 Å². The summed E-state index contributed by atoms with van der Waals surface area (Å²) in [5, 5.41) is 4.73. The molecule has 3 aromatic carbocycles. The Kier molecular flexibility index (Phi) is 6.27. The molecule has 0 aliphatic rings. The molecule has 0 aliphatic heterocycles. The number of para-hydroxylation sites is 1. The van der Waals surface area contributed by atoms with Crippen LogP contribution in [0.1, 0.15) is 41.6 Å². The van der Waals surface area contributed by atoms with Crippen LogP contribution in [0.2, 0.25) is 0 Å². The molecule has 0 N–H and O–H groups in total. The van der Waals surface area contributed by atoms with Crippen LogP contribution in [0.4, 0.5) is 0 Å². The zero-order valence-corrected chi connectivity index (χ0v) is 17.9. The van der Waals surface area contributed by atoms with Crippen LogP contribution in [-0.4, -0.2) is 15.7 Å². The van der Waals surface area contributed by atoms with Crippen molar-refractivity contribution in [2.75, 3.05) is 0 Å². The Morgan fingerprint density at radius 1 is 0.903 bits per heavy atom. The first-order valence-corrected chi connectivity index (χ1v) is 10.6. The fourth-order valence-corrected chi connectivity index (χ4v) is 3.75. The highest BCUT2D eigenvalue weighted by atomic mass is 16.5. The van der Waals surface area contributed by atoms with Gasteiger partial charge < -0.3 is 4.74 Å². The van der Waals surface area contributed by atoms with Crippen molar-refractivity contribution >= 4 is 5.97 Å². The first-order valence-electron chi connectivity index (χ1n) is 10.6. The van der Waals surface area contributed by atoms with Gasteiger partial charge in [-0.25, -0.2) is 4.68 Å². The summed E-state index contributed by atoms with van der Waals surface area (Å²) >= 11 is 0. The van der Waals surface area contributed by atoms with Crippen LogP contribution in [0.5, 0.6) is 5.88 Å². The number of hydrogen-bond donors (Lipinski definition) is 0. The average molecular weight is 411 g/mol. The second-order valence-corrected chi connectivity index (χ2v) is 7.60. The van der Waals surface area contributed by atoms with E-state index in [0.717, 1.165) is 40.9 Å². The molecule has 0 spiro atoms. The van der Waals surface area contributed by atoms with Gasteiger partial charge >= 0.3 is 5.97 Å². The Morgan fingerprint density at radius 3 is 2.06 bits per heavy atom. The van der Waals surface area contributed by atoms with Crippen LogP contribution >= 0.6 is 0 Å². The number of benzene rings is 3. The van der Waals surface area contributed by atoms with E-state index in [-0.39, 0.29) is 5.97 Å². The van der Waals surface area contributed by atoms with Gasteiger partial charge in [0.1, 0.15) is 5.92 Å². The summed E-state index contributed by atoms with van der Waals surface area (Å²) in [6.07, 6.45) is 1.79. The van der Waals surface area contributed by atoms with Gasteiger partial charge in [0.2, 0.25) is 5.88 Å². The summed E-state index contributed by atoms with van der Waals surface area (Å²) in [5.74, 6) is -0.396. The molecule has 0 saturated heterocycles.